The Morgan fingerprint density at radius 2 is 1.57 bits per heavy atom. The highest BCUT2D eigenvalue weighted by Gasteiger charge is 2.19. The molecule has 0 radical (unpaired) electrons. The van der Waals surface area contributed by atoms with Crippen molar-refractivity contribution in [3.8, 4) is 0 Å². The van der Waals surface area contributed by atoms with Crippen molar-refractivity contribution in [1.29, 1.82) is 0 Å². The molecule has 0 saturated carbocycles. The Hall–Kier alpha value is -3.31. The van der Waals surface area contributed by atoms with Gasteiger partial charge in [-0.15, -0.1) is 0 Å². The van der Waals surface area contributed by atoms with Crippen LogP contribution in [0.4, 0.5) is 10.5 Å². The van der Waals surface area contributed by atoms with Gasteiger partial charge in [-0.25, -0.2) is 4.79 Å². The van der Waals surface area contributed by atoms with Gasteiger partial charge in [-0.3, -0.25) is 10.2 Å². The summed E-state index contributed by atoms with van der Waals surface area (Å²) in [6, 6.07) is 24.5. The van der Waals surface area contributed by atoms with E-state index in [4.69, 9.17) is 22.2 Å². The Kier molecular flexibility index (Phi) is 6.29. The number of halogens is 1. The summed E-state index contributed by atoms with van der Waals surface area (Å²) in [5, 5.41) is 6.99. The van der Waals surface area contributed by atoms with Crippen LogP contribution in [0, 0.1) is 6.92 Å². The number of amidine groups is 1. The summed E-state index contributed by atoms with van der Waals surface area (Å²) in [7, 11) is 0. The number of rotatable bonds is 5. The van der Waals surface area contributed by atoms with Crippen LogP contribution in [0.1, 0.15) is 22.6 Å². The minimum Gasteiger partial charge on any atom is -0.384 e. The Labute approximate surface area is 168 Å². The van der Waals surface area contributed by atoms with Crippen LogP contribution in [-0.4, -0.2) is 11.9 Å². The second-order valence-electron chi connectivity index (χ2n) is 6.24. The molecule has 3 aromatic carbocycles. The number of nitrogens with two attached hydrogens (primary N) is 1. The van der Waals surface area contributed by atoms with Gasteiger partial charge in [0.15, 0.2) is 5.84 Å². The lowest BCUT2D eigenvalue weighted by molar-refractivity contribution is 0.166. The molecule has 0 aromatic heterocycles. The summed E-state index contributed by atoms with van der Waals surface area (Å²) in [6.45, 7) is 1.88. The molecule has 0 bridgehead atoms. The minimum atomic E-state index is -0.747. The predicted molar refractivity (Wildman–Crippen MR) is 113 cm³/mol. The zero-order valence-electron chi connectivity index (χ0n) is 15.3. The quantitative estimate of drug-likeness (QED) is 0.267. The van der Waals surface area contributed by atoms with Crippen molar-refractivity contribution in [3.63, 3.8) is 0 Å². The highest BCUT2D eigenvalue weighted by atomic mass is 35.5. The lowest BCUT2D eigenvalue weighted by Gasteiger charge is -2.17. The molecule has 0 spiro atoms. The largest absolute Gasteiger partial charge is 0.437 e. The number of benzene rings is 3. The molecule has 0 aliphatic carbocycles. The molecule has 6 heteroatoms. The number of hydrogen-bond acceptors (Lipinski definition) is 3. The van der Waals surface area contributed by atoms with Crippen molar-refractivity contribution in [3.05, 3.63) is 101 Å². The third kappa shape index (κ3) is 4.90. The minimum absolute atomic E-state index is 0.175. The van der Waals surface area contributed by atoms with Crippen LogP contribution in [0.3, 0.4) is 0 Å². The maximum atomic E-state index is 12.1. The van der Waals surface area contributed by atoms with Crippen LogP contribution in [0.5, 0.6) is 0 Å². The first-order valence-corrected chi connectivity index (χ1v) is 9.10. The Bertz CT molecular complexity index is 936. The smallest absolute Gasteiger partial charge is 0.384 e. The SMILES string of the molecule is Cc1ccc(NC(=O)ON=C(N)C(c2ccccc2)c2ccccc2)cc1Cl. The van der Waals surface area contributed by atoms with Gasteiger partial charge < -0.3 is 5.73 Å². The maximum Gasteiger partial charge on any atom is 0.437 e. The van der Waals surface area contributed by atoms with Crippen LogP contribution < -0.4 is 11.1 Å². The normalized spacial score (nSPS) is 11.3. The molecule has 3 rings (SSSR count). The molecule has 1 amide bonds. The molecular formula is C22H20ClN3O2. The van der Waals surface area contributed by atoms with E-state index in [1.807, 2.05) is 67.6 Å². The summed E-state index contributed by atoms with van der Waals surface area (Å²) in [5.74, 6) is -0.154. The lowest BCUT2D eigenvalue weighted by atomic mass is 9.90. The molecule has 0 saturated heterocycles. The van der Waals surface area contributed by atoms with E-state index in [9.17, 15) is 4.79 Å². The zero-order valence-corrected chi connectivity index (χ0v) is 16.1. The van der Waals surface area contributed by atoms with Crippen molar-refractivity contribution in [1.82, 2.24) is 0 Å². The monoisotopic (exact) mass is 393 g/mol. The molecular weight excluding hydrogens is 374 g/mol. The zero-order chi connectivity index (χ0) is 19.9. The molecule has 28 heavy (non-hydrogen) atoms. The summed E-state index contributed by atoms with van der Waals surface area (Å²) >= 11 is 6.06. The van der Waals surface area contributed by atoms with Crippen LogP contribution in [-0.2, 0) is 4.84 Å². The first kappa shape index (κ1) is 19.5. The summed E-state index contributed by atoms with van der Waals surface area (Å²) < 4.78 is 0. The van der Waals surface area contributed by atoms with E-state index < -0.39 is 6.09 Å². The summed E-state index contributed by atoms with van der Waals surface area (Å²) in [5.41, 5.74) is 9.51. The number of amides is 1. The van der Waals surface area contributed by atoms with Crippen molar-refractivity contribution < 1.29 is 9.63 Å². The topological polar surface area (TPSA) is 76.7 Å². The van der Waals surface area contributed by atoms with Crippen LogP contribution in [0.15, 0.2) is 84.0 Å². The van der Waals surface area contributed by atoms with Crippen LogP contribution in [0.25, 0.3) is 0 Å². The van der Waals surface area contributed by atoms with Gasteiger partial charge in [0.25, 0.3) is 0 Å². The maximum absolute atomic E-state index is 12.1. The number of oxime groups is 1. The average molecular weight is 394 g/mol. The van der Waals surface area contributed by atoms with Gasteiger partial charge in [0.05, 0.1) is 5.92 Å². The van der Waals surface area contributed by atoms with E-state index in [0.717, 1.165) is 16.7 Å². The Balaban J connectivity index is 1.77. The van der Waals surface area contributed by atoms with E-state index in [2.05, 4.69) is 10.5 Å². The van der Waals surface area contributed by atoms with Crippen LogP contribution >= 0.6 is 11.6 Å². The highest BCUT2D eigenvalue weighted by molar-refractivity contribution is 6.31. The van der Waals surface area contributed by atoms with Crippen molar-refractivity contribution in [2.45, 2.75) is 12.8 Å². The summed E-state index contributed by atoms with van der Waals surface area (Å²) in [4.78, 5) is 17.0. The number of carbonyl (C=O) groups is 1. The van der Waals surface area contributed by atoms with Gasteiger partial charge in [-0.2, -0.15) is 0 Å². The Morgan fingerprint density at radius 1 is 1.00 bits per heavy atom. The number of anilines is 1. The second kappa shape index (κ2) is 9.06. The van der Waals surface area contributed by atoms with Crippen molar-refractivity contribution in [2.75, 3.05) is 5.32 Å². The molecule has 142 valence electrons. The highest BCUT2D eigenvalue weighted by Crippen LogP contribution is 2.25. The molecule has 0 fully saturated rings. The number of aryl methyl sites for hydroxylation is 1. The fourth-order valence-electron chi connectivity index (χ4n) is 2.78. The van der Waals surface area contributed by atoms with Gasteiger partial charge in [0, 0.05) is 10.7 Å². The molecule has 5 nitrogen and oxygen atoms in total. The van der Waals surface area contributed by atoms with E-state index in [1.165, 1.54) is 0 Å². The summed E-state index contributed by atoms with van der Waals surface area (Å²) in [6.07, 6.45) is -0.747. The fourth-order valence-corrected chi connectivity index (χ4v) is 2.96. The van der Waals surface area contributed by atoms with Gasteiger partial charge in [-0.05, 0) is 35.7 Å². The van der Waals surface area contributed by atoms with E-state index in [-0.39, 0.29) is 11.8 Å². The predicted octanol–water partition coefficient (Wildman–Crippen LogP) is 5.30. The molecule has 0 atom stereocenters. The van der Waals surface area contributed by atoms with E-state index in [0.29, 0.717) is 10.7 Å². The number of nitrogens with one attached hydrogen (secondary N) is 1. The van der Waals surface area contributed by atoms with Gasteiger partial charge in [0.2, 0.25) is 0 Å². The van der Waals surface area contributed by atoms with E-state index in [1.54, 1.807) is 18.2 Å². The first-order chi connectivity index (χ1) is 13.5. The van der Waals surface area contributed by atoms with Crippen LogP contribution in [0.2, 0.25) is 5.02 Å². The third-order valence-electron chi connectivity index (χ3n) is 4.21. The lowest BCUT2D eigenvalue weighted by Crippen LogP contribution is -2.24. The number of hydrogen-bond donors (Lipinski definition) is 2. The molecule has 0 aliphatic rings. The molecule has 0 aliphatic heterocycles. The Morgan fingerprint density at radius 3 is 2.11 bits per heavy atom. The first-order valence-electron chi connectivity index (χ1n) is 8.72. The fraction of sp³-hybridized carbons (Fsp3) is 0.0909. The second-order valence-corrected chi connectivity index (χ2v) is 6.65. The molecule has 0 heterocycles. The number of nitrogens with zero attached hydrogens (tertiary/aromatic N) is 1. The van der Waals surface area contributed by atoms with Gasteiger partial charge >= 0.3 is 6.09 Å². The molecule has 3 N–H and O–H groups in total. The molecule has 3 aromatic rings. The average Bonchev–Trinajstić information content (AvgIpc) is 2.71. The van der Waals surface area contributed by atoms with Crippen molar-refractivity contribution in [2.24, 2.45) is 10.9 Å². The van der Waals surface area contributed by atoms with E-state index >= 15 is 0 Å². The van der Waals surface area contributed by atoms with Crippen molar-refractivity contribution >= 4 is 29.2 Å². The van der Waals surface area contributed by atoms with Gasteiger partial charge in [-0.1, -0.05) is 83.5 Å². The van der Waals surface area contributed by atoms with Gasteiger partial charge in [0.1, 0.15) is 0 Å². The number of carbonyl (C=O) groups excluding carboxylic acids is 1. The molecule has 0 unspecified atom stereocenters. The third-order valence-corrected chi connectivity index (χ3v) is 4.62. The standard InChI is InChI=1S/C22H20ClN3O2/c1-15-12-13-18(14-19(15)23)25-22(27)28-26-21(24)20(16-8-4-2-5-9-16)17-10-6-3-7-11-17/h2-14,20H,1H3,(H2,24,26)(H,25,27).